The van der Waals surface area contributed by atoms with E-state index in [9.17, 15) is 9.59 Å². The second-order valence-electron chi connectivity index (χ2n) is 4.90. The summed E-state index contributed by atoms with van der Waals surface area (Å²) in [7, 11) is 2.69. The SMILES string of the molecule is COC(=O)CCc1cc(Cc2cc(CCC(=O)OC)no2)on1. The van der Waals surface area contributed by atoms with E-state index in [4.69, 9.17) is 9.05 Å². The van der Waals surface area contributed by atoms with Crippen molar-refractivity contribution >= 4 is 11.9 Å². The standard InChI is InChI=1S/C15H18N2O6/c1-20-14(18)5-3-10-7-12(22-16-10)9-13-8-11(17-23-13)4-6-15(19)21-2/h7-8H,3-6,9H2,1-2H3. The van der Waals surface area contributed by atoms with Gasteiger partial charge in [0.25, 0.3) is 0 Å². The van der Waals surface area contributed by atoms with E-state index in [-0.39, 0.29) is 24.8 Å². The van der Waals surface area contributed by atoms with Crippen molar-refractivity contribution in [1.29, 1.82) is 0 Å². The Morgan fingerprint density at radius 3 is 1.74 bits per heavy atom. The Morgan fingerprint density at radius 1 is 0.913 bits per heavy atom. The van der Waals surface area contributed by atoms with Crippen LogP contribution in [0.4, 0.5) is 0 Å². The Labute approximate surface area is 132 Å². The van der Waals surface area contributed by atoms with Gasteiger partial charge in [-0.25, -0.2) is 0 Å². The summed E-state index contributed by atoms with van der Waals surface area (Å²) in [5, 5.41) is 7.78. The number of hydrogen-bond donors (Lipinski definition) is 0. The highest BCUT2D eigenvalue weighted by Crippen LogP contribution is 2.14. The average Bonchev–Trinajstić information content (AvgIpc) is 3.20. The summed E-state index contributed by atoms with van der Waals surface area (Å²) in [4.78, 5) is 22.2. The molecule has 0 unspecified atom stereocenters. The number of ether oxygens (including phenoxy) is 2. The van der Waals surface area contributed by atoms with E-state index in [1.54, 1.807) is 12.1 Å². The van der Waals surface area contributed by atoms with Gasteiger partial charge in [-0.15, -0.1) is 0 Å². The molecule has 2 heterocycles. The Hall–Kier alpha value is -2.64. The summed E-state index contributed by atoms with van der Waals surface area (Å²) in [6.07, 6.45) is 1.81. The summed E-state index contributed by atoms with van der Waals surface area (Å²) in [5.41, 5.74) is 1.35. The fraction of sp³-hybridized carbons (Fsp3) is 0.467. The Kier molecular flexibility index (Phi) is 5.90. The molecule has 0 aliphatic rings. The molecule has 0 aromatic carbocycles. The van der Waals surface area contributed by atoms with Crippen LogP contribution in [0.1, 0.15) is 35.7 Å². The molecule has 2 aromatic heterocycles. The van der Waals surface area contributed by atoms with Crippen molar-refractivity contribution in [3.05, 3.63) is 35.0 Å². The minimum atomic E-state index is -0.292. The molecule has 2 rings (SSSR count). The molecule has 0 saturated heterocycles. The van der Waals surface area contributed by atoms with Crippen molar-refractivity contribution in [2.75, 3.05) is 14.2 Å². The summed E-state index contributed by atoms with van der Waals surface area (Å²) in [6.45, 7) is 0. The van der Waals surface area contributed by atoms with Crippen molar-refractivity contribution in [3.63, 3.8) is 0 Å². The van der Waals surface area contributed by atoms with Gasteiger partial charge in [-0.05, 0) is 0 Å². The van der Waals surface area contributed by atoms with Crippen molar-refractivity contribution in [3.8, 4) is 0 Å². The van der Waals surface area contributed by atoms with Gasteiger partial charge in [0.15, 0.2) is 0 Å². The van der Waals surface area contributed by atoms with Gasteiger partial charge in [0.05, 0.1) is 44.9 Å². The molecular formula is C15H18N2O6. The molecule has 0 amide bonds. The molecule has 0 aliphatic carbocycles. The lowest BCUT2D eigenvalue weighted by atomic mass is 10.2. The first-order valence-electron chi connectivity index (χ1n) is 7.13. The van der Waals surface area contributed by atoms with Crippen LogP contribution < -0.4 is 0 Å². The van der Waals surface area contributed by atoms with Crippen LogP contribution in [0, 0.1) is 0 Å². The number of nitrogens with zero attached hydrogens (tertiary/aromatic N) is 2. The molecule has 8 nitrogen and oxygen atoms in total. The van der Waals surface area contributed by atoms with Crippen LogP contribution >= 0.6 is 0 Å². The quantitative estimate of drug-likeness (QED) is 0.673. The van der Waals surface area contributed by atoms with Crippen LogP contribution in [0.25, 0.3) is 0 Å². The smallest absolute Gasteiger partial charge is 0.305 e. The molecule has 2 aromatic rings. The van der Waals surface area contributed by atoms with E-state index in [1.807, 2.05) is 0 Å². The predicted molar refractivity (Wildman–Crippen MR) is 76.5 cm³/mol. The monoisotopic (exact) mass is 322 g/mol. The van der Waals surface area contributed by atoms with Crippen LogP contribution in [-0.4, -0.2) is 36.5 Å². The zero-order valence-electron chi connectivity index (χ0n) is 13.0. The number of carbonyl (C=O) groups excluding carboxylic acids is 2. The van der Waals surface area contributed by atoms with Crippen LogP contribution in [0.15, 0.2) is 21.2 Å². The zero-order chi connectivity index (χ0) is 16.7. The van der Waals surface area contributed by atoms with Crippen molar-refractivity contribution in [2.45, 2.75) is 32.1 Å². The summed E-state index contributed by atoms with van der Waals surface area (Å²) in [6, 6.07) is 3.53. The van der Waals surface area contributed by atoms with Gasteiger partial charge < -0.3 is 18.5 Å². The van der Waals surface area contributed by atoms with E-state index in [1.165, 1.54) is 14.2 Å². The Balaban J connectivity index is 1.85. The maximum Gasteiger partial charge on any atom is 0.305 e. The first kappa shape index (κ1) is 16.7. The average molecular weight is 322 g/mol. The fourth-order valence-corrected chi connectivity index (χ4v) is 1.95. The van der Waals surface area contributed by atoms with Gasteiger partial charge in [-0.1, -0.05) is 10.3 Å². The minimum absolute atomic E-state index is 0.252. The summed E-state index contributed by atoms with van der Waals surface area (Å²) < 4.78 is 19.5. The van der Waals surface area contributed by atoms with Crippen molar-refractivity contribution in [1.82, 2.24) is 10.3 Å². The molecule has 23 heavy (non-hydrogen) atoms. The van der Waals surface area contributed by atoms with Crippen LogP contribution in [0.5, 0.6) is 0 Å². The van der Waals surface area contributed by atoms with E-state index in [0.29, 0.717) is 42.2 Å². The van der Waals surface area contributed by atoms with E-state index >= 15 is 0 Å². The Morgan fingerprint density at radius 2 is 1.35 bits per heavy atom. The molecule has 0 radical (unpaired) electrons. The topological polar surface area (TPSA) is 105 Å². The maximum atomic E-state index is 11.1. The van der Waals surface area contributed by atoms with E-state index < -0.39 is 0 Å². The highest BCUT2D eigenvalue weighted by molar-refractivity contribution is 5.69. The number of rotatable bonds is 8. The molecule has 0 fully saturated rings. The fourth-order valence-electron chi connectivity index (χ4n) is 1.95. The van der Waals surface area contributed by atoms with E-state index in [2.05, 4.69) is 19.8 Å². The zero-order valence-corrected chi connectivity index (χ0v) is 13.0. The molecule has 0 N–H and O–H groups in total. The normalized spacial score (nSPS) is 10.5. The number of esters is 2. The molecule has 0 saturated carbocycles. The molecule has 0 spiro atoms. The third kappa shape index (κ3) is 5.24. The van der Waals surface area contributed by atoms with Gasteiger partial charge >= 0.3 is 11.9 Å². The molecule has 0 bridgehead atoms. The minimum Gasteiger partial charge on any atom is -0.469 e. The Bertz CT molecular complexity index is 604. The lowest BCUT2D eigenvalue weighted by Crippen LogP contribution is -2.01. The highest BCUT2D eigenvalue weighted by atomic mass is 16.5. The molecule has 0 aliphatic heterocycles. The first-order chi connectivity index (χ1) is 11.1. The molecule has 8 heteroatoms. The summed E-state index contributed by atoms with van der Waals surface area (Å²) in [5.74, 6) is 0.640. The van der Waals surface area contributed by atoms with Crippen LogP contribution in [-0.2, 0) is 38.3 Å². The van der Waals surface area contributed by atoms with Gasteiger partial charge in [0.1, 0.15) is 11.5 Å². The van der Waals surface area contributed by atoms with Crippen LogP contribution in [0.2, 0.25) is 0 Å². The third-order valence-electron chi connectivity index (χ3n) is 3.19. The van der Waals surface area contributed by atoms with Gasteiger partial charge in [-0.3, -0.25) is 9.59 Å². The predicted octanol–water partition coefficient (Wildman–Crippen LogP) is 1.46. The maximum absolute atomic E-state index is 11.1. The van der Waals surface area contributed by atoms with Gasteiger partial charge in [0.2, 0.25) is 0 Å². The molecule has 0 atom stereocenters. The largest absolute Gasteiger partial charge is 0.469 e. The highest BCUT2D eigenvalue weighted by Gasteiger charge is 2.12. The first-order valence-corrected chi connectivity index (χ1v) is 7.13. The van der Waals surface area contributed by atoms with Crippen molar-refractivity contribution in [2.24, 2.45) is 0 Å². The van der Waals surface area contributed by atoms with Crippen LogP contribution in [0.3, 0.4) is 0 Å². The van der Waals surface area contributed by atoms with E-state index in [0.717, 1.165) is 0 Å². The van der Waals surface area contributed by atoms with Gasteiger partial charge in [-0.2, -0.15) is 0 Å². The lowest BCUT2D eigenvalue weighted by Gasteiger charge is -1.94. The molecular weight excluding hydrogens is 304 g/mol. The number of aryl methyl sites for hydroxylation is 2. The third-order valence-corrected chi connectivity index (χ3v) is 3.19. The number of methoxy groups -OCH3 is 2. The summed E-state index contributed by atoms with van der Waals surface area (Å²) >= 11 is 0. The van der Waals surface area contributed by atoms with Crippen molar-refractivity contribution < 1.29 is 28.1 Å². The second-order valence-corrected chi connectivity index (χ2v) is 4.90. The second kappa shape index (κ2) is 8.11. The lowest BCUT2D eigenvalue weighted by molar-refractivity contribution is -0.141. The number of carbonyl (C=O) groups is 2. The molecule has 124 valence electrons. The number of hydrogen-bond acceptors (Lipinski definition) is 8. The number of aromatic nitrogens is 2. The van der Waals surface area contributed by atoms with Gasteiger partial charge in [0, 0.05) is 25.0 Å².